The van der Waals surface area contributed by atoms with Gasteiger partial charge in [0.2, 0.25) is 0 Å². The maximum atomic E-state index is 9.25. The number of aliphatic hydroxyl groups is 2. The lowest BCUT2D eigenvalue weighted by Crippen LogP contribution is -2.38. The normalized spacial score (nSPS) is 32.4. The minimum absolute atomic E-state index is 0.190. The van der Waals surface area contributed by atoms with Gasteiger partial charge in [0, 0.05) is 0 Å². The zero-order valence-electron chi connectivity index (χ0n) is 6.94. The molecule has 0 bridgehead atoms. The lowest BCUT2D eigenvalue weighted by atomic mass is 10.0. The summed E-state index contributed by atoms with van der Waals surface area (Å²) in [6, 6.07) is 0. The second-order valence-corrected chi connectivity index (χ2v) is 3.01. The van der Waals surface area contributed by atoms with Gasteiger partial charge in [-0.2, -0.15) is 0 Å². The van der Waals surface area contributed by atoms with Crippen molar-refractivity contribution in [2.45, 2.75) is 37.6 Å². The minimum atomic E-state index is -0.791. The van der Waals surface area contributed by atoms with E-state index in [0.29, 0.717) is 0 Å². The van der Waals surface area contributed by atoms with Gasteiger partial charge in [0.05, 0.1) is 12.7 Å². The van der Waals surface area contributed by atoms with Crippen LogP contribution in [-0.4, -0.2) is 35.1 Å². The van der Waals surface area contributed by atoms with Crippen LogP contribution >= 0.6 is 0 Å². The van der Waals surface area contributed by atoms with Crippen molar-refractivity contribution < 1.29 is 14.9 Å². The summed E-state index contributed by atoms with van der Waals surface area (Å²) >= 11 is 0. The predicted molar refractivity (Wildman–Crippen MR) is 44.4 cm³/mol. The van der Waals surface area contributed by atoms with Crippen LogP contribution in [0.3, 0.4) is 0 Å². The summed E-state index contributed by atoms with van der Waals surface area (Å²) < 4.78 is 5.34. The Bertz CT molecular complexity index is 173. The van der Waals surface area contributed by atoms with Crippen molar-refractivity contribution in [2.75, 3.05) is 6.61 Å². The molecule has 0 spiro atoms. The van der Waals surface area contributed by atoms with Crippen LogP contribution in [0.4, 0.5) is 0 Å². The van der Waals surface area contributed by atoms with Crippen LogP contribution in [0.2, 0.25) is 0 Å². The van der Waals surface area contributed by atoms with E-state index in [1.807, 2.05) is 0 Å². The van der Waals surface area contributed by atoms with E-state index < -0.39 is 6.10 Å². The lowest BCUT2D eigenvalue weighted by molar-refractivity contribution is -0.0986. The number of terminal acetylenes is 1. The molecule has 1 fully saturated rings. The molecule has 68 valence electrons. The highest BCUT2D eigenvalue weighted by molar-refractivity contribution is 4.97. The van der Waals surface area contributed by atoms with E-state index in [2.05, 4.69) is 5.92 Å². The largest absolute Gasteiger partial charge is 0.394 e. The molecule has 0 aromatic rings. The Balaban J connectivity index is 2.41. The van der Waals surface area contributed by atoms with Crippen molar-refractivity contribution in [3.63, 3.8) is 0 Å². The molecule has 0 aliphatic carbocycles. The molecule has 1 saturated heterocycles. The molecule has 0 aromatic carbocycles. The zero-order chi connectivity index (χ0) is 8.97. The molecule has 1 aliphatic heterocycles. The van der Waals surface area contributed by atoms with Gasteiger partial charge < -0.3 is 14.9 Å². The van der Waals surface area contributed by atoms with Crippen LogP contribution in [0.15, 0.2) is 0 Å². The first-order valence-corrected chi connectivity index (χ1v) is 4.18. The summed E-state index contributed by atoms with van der Waals surface area (Å²) in [5.41, 5.74) is 0. The van der Waals surface area contributed by atoms with Crippen LogP contribution in [0.1, 0.15) is 19.3 Å². The number of aliphatic hydroxyl groups excluding tert-OH is 2. The van der Waals surface area contributed by atoms with E-state index in [1.54, 1.807) is 0 Å². The van der Waals surface area contributed by atoms with Crippen molar-refractivity contribution in [2.24, 2.45) is 0 Å². The van der Waals surface area contributed by atoms with Gasteiger partial charge in [-0.1, -0.05) is 5.92 Å². The maximum Gasteiger partial charge on any atom is 0.118 e. The SMILES string of the molecule is C#CC1CCCC(C(O)CO)O1. The summed E-state index contributed by atoms with van der Waals surface area (Å²) in [7, 11) is 0. The van der Waals surface area contributed by atoms with E-state index in [9.17, 15) is 5.11 Å². The summed E-state index contributed by atoms with van der Waals surface area (Å²) in [5.74, 6) is 2.50. The molecule has 1 heterocycles. The van der Waals surface area contributed by atoms with Gasteiger partial charge in [0.25, 0.3) is 0 Å². The molecule has 2 N–H and O–H groups in total. The molecule has 0 amide bonds. The third-order valence-corrected chi connectivity index (χ3v) is 2.10. The Morgan fingerprint density at radius 3 is 2.92 bits per heavy atom. The molecule has 0 saturated carbocycles. The molecule has 3 unspecified atom stereocenters. The Hall–Kier alpha value is -0.560. The van der Waals surface area contributed by atoms with Crippen molar-refractivity contribution in [3.05, 3.63) is 0 Å². The highest BCUT2D eigenvalue weighted by Gasteiger charge is 2.26. The quantitative estimate of drug-likeness (QED) is 0.569. The minimum Gasteiger partial charge on any atom is -0.394 e. The fraction of sp³-hybridized carbons (Fsp3) is 0.778. The highest BCUT2D eigenvalue weighted by atomic mass is 16.5. The average Bonchev–Trinajstić information content (AvgIpc) is 2.17. The molecule has 12 heavy (non-hydrogen) atoms. The van der Waals surface area contributed by atoms with Crippen molar-refractivity contribution in [1.82, 2.24) is 0 Å². The second-order valence-electron chi connectivity index (χ2n) is 3.01. The Labute approximate surface area is 72.4 Å². The molecule has 1 rings (SSSR count). The van der Waals surface area contributed by atoms with E-state index in [4.69, 9.17) is 16.3 Å². The number of ether oxygens (including phenoxy) is 1. The summed E-state index contributed by atoms with van der Waals surface area (Å²) in [6.45, 7) is -0.262. The molecule has 0 aromatic heterocycles. The van der Waals surface area contributed by atoms with Crippen molar-refractivity contribution >= 4 is 0 Å². The first kappa shape index (κ1) is 9.53. The first-order chi connectivity index (χ1) is 5.77. The number of rotatable bonds is 2. The van der Waals surface area contributed by atoms with Crippen LogP contribution < -0.4 is 0 Å². The van der Waals surface area contributed by atoms with Crippen LogP contribution in [-0.2, 0) is 4.74 Å². The van der Waals surface area contributed by atoms with Gasteiger partial charge >= 0.3 is 0 Å². The van der Waals surface area contributed by atoms with E-state index in [0.717, 1.165) is 19.3 Å². The van der Waals surface area contributed by atoms with Gasteiger partial charge in [0.15, 0.2) is 0 Å². The lowest BCUT2D eigenvalue weighted by Gasteiger charge is -2.29. The van der Waals surface area contributed by atoms with Crippen LogP contribution in [0.5, 0.6) is 0 Å². The van der Waals surface area contributed by atoms with Gasteiger partial charge in [-0.05, 0) is 19.3 Å². The number of hydrogen-bond donors (Lipinski definition) is 2. The van der Waals surface area contributed by atoms with Crippen LogP contribution in [0, 0.1) is 12.3 Å². The second kappa shape index (κ2) is 4.46. The fourth-order valence-corrected chi connectivity index (χ4v) is 1.37. The Morgan fingerprint density at radius 1 is 1.58 bits per heavy atom. The Morgan fingerprint density at radius 2 is 2.33 bits per heavy atom. The molecule has 1 aliphatic rings. The topological polar surface area (TPSA) is 49.7 Å². The summed E-state index contributed by atoms with van der Waals surface area (Å²) in [4.78, 5) is 0. The molecular formula is C9H14O3. The Kier molecular flexibility index (Phi) is 3.54. The van der Waals surface area contributed by atoms with Gasteiger partial charge in [0.1, 0.15) is 12.2 Å². The zero-order valence-corrected chi connectivity index (χ0v) is 6.94. The monoisotopic (exact) mass is 170 g/mol. The smallest absolute Gasteiger partial charge is 0.118 e. The van der Waals surface area contributed by atoms with Gasteiger partial charge in [-0.15, -0.1) is 6.42 Å². The maximum absolute atomic E-state index is 9.25. The average molecular weight is 170 g/mol. The first-order valence-electron chi connectivity index (χ1n) is 4.18. The fourth-order valence-electron chi connectivity index (χ4n) is 1.37. The molecule has 3 nitrogen and oxygen atoms in total. The van der Waals surface area contributed by atoms with Crippen molar-refractivity contribution in [1.29, 1.82) is 0 Å². The molecule has 0 radical (unpaired) electrons. The van der Waals surface area contributed by atoms with Gasteiger partial charge in [-0.25, -0.2) is 0 Å². The third-order valence-electron chi connectivity index (χ3n) is 2.10. The summed E-state index contributed by atoms with van der Waals surface area (Å²) in [6.07, 6.45) is 6.51. The van der Waals surface area contributed by atoms with E-state index in [-0.39, 0.29) is 18.8 Å². The summed E-state index contributed by atoms with van der Waals surface area (Å²) in [5, 5.41) is 17.9. The number of hydrogen-bond acceptors (Lipinski definition) is 3. The van der Waals surface area contributed by atoms with Gasteiger partial charge in [-0.3, -0.25) is 0 Å². The molecule has 3 atom stereocenters. The van der Waals surface area contributed by atoms with E-state index >= 15 is 0 Å². The van der Waals surface area contributed by atoms with Crippen LogP contribution in [0.25, 0.3) is 0 Å². The van der Waals surface area contributed by atoms with Crippen molar-refractivity contribution in [3.8, 4) is 12.3 Å². The highest BCUT2D eigenvalue weighted by Crippen LogP contribution is 2.20. The third kappa shape index (κ3) is 2.21. The molecule has 3 heteroatoms. The predicted octanol–water partition coefficient (Wildman–Crippen LogP) is -0.0895. The van der Waals surface area contributed by atoms with E-state index in [1.165, 1.54) is 0 Å². The molecular weight excluding hydrogens is 156 g/mol. The standard InChI is InChI=1S/C9H14O3/c1-2-7-4-3-5-9(12-7)8(11)6-10/h1,7-11H,3-6H2.